The molecule has 2 nitrogen and oxygen atoms in total. The lowest BCUT2D eigenvalue weighted by Gasteiger charge is -2.18. The van der Waals surface area contributed by atoms with Crippen molar-refractivity contribution in [3.63, 3.8) is 0 Å². The molecule has 0 saturated heterocycles. The molecular weight excluding hydrogens is 272 g/mol. The first kappa shape index (κ1) is 15.4. The van der Waals surface area contributed by atoms with E-state index in [1.165, 1.54) is 12.1 Å². The van der Waals surface area contributed by atoms with Gasteiger partial charge in [-0.2, -0.15) is 0 Å². The van der Waals surface area contributed by atoms with E-state index in [1.807, 2.05) is 6.92 Å². The SMILES string of the molecule is CNC(C)c1cc(F)c(C)cc1Oc1ccc(F)c(C)c1. The predicted molar refractivity (Wildman–Crippen MR) is 79.8 cm³/mol. The van der Waals surface area contributed by atoms with Gasteiger partial charge in [0.25, 0.3) is 0 Å². The van der Waals surface area contributed by atoms with Crippen LogP contribution in [0.1, 0.15) is 29.7 Å². The molecule has 0 aliphatic rings. The van der Waals surface area contributed by atoms with Gasteiger partial charge < -0.3 is 10.1 Å². The van der Waals surface area contributed by atoms with Crippen molar-refractivity contribution in [2.24, 2.45) is 0 Å². The summed E-state index contributed by atoms with van der Waals surface area (Å²) >= 11 is 0. The molecular formula is C17H19F2NO. The Morgan fingerprint density at radius 1 is 1.00 bits per heavy atom. The number of aryl methyl sites for hydroxylation is 2. The number of hydrogen-bond acceptors (Lipinski definition) is 2. The first-order valence-corrected chi connectivity index (χ1v) is 6.83. The maximum Gasteiger partial charge on any atom is 0.132 e. The van der Waals surface area contributed by atoms with Crippen LogP contribution >= 0.6 is 0 Å². The van der Waals surface area contributed by atoms with Crippen LogP contribution in [0.4, 0.5) is 8.78 Å². The molecule has 2 aromatic rings. The fraction of sp³-hybridized carbons (Fsp3) is 0.294. The average molecular weight is 291 g/mol. The van der Waals surface area contributed by atoms with Crippen LogP contribution in [0.25, 0.3) is 0 Å². The number of ether oxygens (including phenoxy) is 1. The highest BCUT2D eigenvalue weighted by atomic mass is 19.1. The van der Waals surface area contributed by atoms with Crippen LogP contribution in [-0.4, -0.2) is 7.05 Å². The molecule has 4 heteroatoms. The Labute approximate surface area is 123 Å². The normalized spacial score (nSPS) is 12.3. The Hall–Kier alpha value is -1.94. The topological polar surface area (TPSA) is 21.3 Å². The Kier molecular flexibility index (Phi) is 4.58. The lowest BCUT2D eigenvalue weighted by atomic mass is 10.0. The van der Waals surface area contributed by atoms with Crippen LogP contribution in [0.5, 0.6) is 11.5 Å². The third-order valence-corrected chi connectivity index (χ3v) is 3.55. The largest absolute Gasteiger partial charge is 0.457 e. The number of rotatable bonds is 4. The van der Waals surface area contributed by atoms with Gasteiger partial charge in [0.1, 0.15) is 23.1 Å². The molecule has 0 bridgehead atoms. The molecule has 2 aromatic carbocycles. The molecule has 0 heterocycles. The molecule has 1 N–H and O–H groups in total. The Morgan fingerprint density at radius 3 is 2.29 bits per heavy atom. The van der Waals surface area contributed by atoms with Crippen LogP contribution in [0.3, 0.4) is 0 Å². The molecule has 112 valence electrons. The van der Waals surface area contributed by atoms with E-state index < -0.39 is 0 Å². The fourth-order valence-corrected chi connectivity index (χ4v) is 2.06. The standard InChI is InChI=1S/C17H19F2NO/c1-10-7-13(5-6-15(10)18)21-17-8-11(2)16(19)9-14(17)12(3)20-4/h5-9,12,20H,1-4H3. The summed E-state index contributed by atoms with van der Waals surface area (Å²) in [4.78, 5) is 0. The van der Waals surface area contributed by atoms with Gasteiger partial charge in [0.05, 0.1) is 0 Å². The summed E-state index contributed by atoms with van der Waals surface area (Å²) in [5.74, 6) is 0.558. The molecule has 0 saturated carbocycles. The minimum absolute atomic E-state index is 0.0587. The molecule has 0 radical (unpaired) electrons. The monoisotopic (exact) mass is 291 g/mol. The van der Waals surface area contributed by atoms with Gasteiger partial charge in [0.15, 0.2) is 0 Å². The molecule has 0 aliphatic carbocycles. The van der Waals surface area contributed by atoms with Crippen LogP contribution < -0.4 is 10.1 Å². The molecule has 2 rings (SSSR count). The highest BCUT2D eigenvalue weighted by Gasteiger charge is 2.14. The number of benzene rings is 2. The van der Waals surface area contributed by atoms with Crippen molar-refractivity contribution in [1.82, 2.24) is 5.32 Å². The van der Waals surface area contributed by atoms with E-state index in [2.05, 4.69) is 5.32 Å². The summed E-state index contributed by atoms with van der Waals surface area (Å²) in [6.45, 7) is 5.29. The molecule has 1 atom stereocenters. The minimum Gasteiger partial charge on any atom is -0.457 e. The van der Waals surface area contributed by atoms with Crippen molar-refractivity contribution in [2.45, 2.75) is 26.8 Å². The lowest BCUT2D eigenvalue weighted by molar-refractivity contribution is 0.460. The summed E-state index contributed by atoms with van der Waals surface area (Å²) in [5.41, 5.74) is 1.74. The van der Waals surface area contributed by atoms with Crippen molar-refractivity contribution in [2.75, 3.05) is 7.05 Å². The van der Waals surface area contributed by atoms with Gasteiger partial charge in [-0.1, -0.05) is 0 Å². The smallest absolute Gasteiger partial charge is 0.132 e. The highest BCUT2D eigenvalue weighted by Crippen LogP contribution is 2.32. The third-order valence-electron chi connectivity index (χ3n) is 3.55. The van der Waals surface area contributed by atoms with Gasteiger partial charge >= 0.3 is 0 Å². The van der Waals surface area contributed by atoms with E-state index in [0.717, 1.165) is 5.56 Å². The van der Waals surface area contributed by atoms with E-state index in [9.17, 15) is 8.78 Å². The molecule has 21 heavy (non-hydrogen) atoms. The fourth-order valence-electron chi connectivity index (χ4n) is 2.06. The summed E-state index contributed by atoms with van der Waals surface area (Å²) in [7, 11) is 1.80. The van der Waals surface area contributed by atoms with Crippen LogP contribution in [0, 0.1) is 25.5 Å². The van der Waals surface area contributed by atoms with Gasteiger partial charge in [-0.15, -0.1) is 0 Å². The summed E-state index contributed by atoms with van der Waals surface area (Å²) in [5, 5.41) is 3.07. The second-order valence-electron chi connectivity index (χ2n) is 5.16. The number of halogens is 2. The highest BCUT2D eigenvalue weighted by molar-refractivity contribution is 5.43. The molecule has 0 fully saturated rings. The Balaban J connectivity index is 2.42. The number of hydrogen-bond donors (Lipinski definition) is 1. The zero-order chi connectivity index (χ0) is 15.6. The van der Waals surface area contributed by atoms with E-state index in [0.29, 0.717) is 22.6 Å². The molecule has 1 unspecified atom stereocenters. The summed E-state index contributed by atoms with van der Waals surface area (Å²) < 4.78 is 32.9. The molecule has 0 aromatic heterocycles. The maximum atomic E-state index is 13.8. The zero-order valence-electron chi connectivity index (χ0n) is 12.6. The van der Waals surface area contributed by atoms with Gasteiger partial charge in [0, 0.05) is 11.6 Å². The average Bonchev–Trinajstić information content (AvgIpc) is 2.45. The quantitative estimate of drug-likeness (QED) is 0.885. The van der Waals surface area contributed by atoms with Gasteiger partial charge in [-0.05, 0) is 69.3 Å². The van der Waals surface area contributed by atoms with E-state index >= 15 is 0 Å². The van der Waals surface area contributed by atoms with Crippen molar-refractivity contribution in [1.29, 1.82) is 0 Å². The van der Waals surface area contributed by atoms with E-state index in [4.69, 9.17) is 4.74 Å². The second-order valence-corrected chi connectivity index (χ2v) is 5.16. The zero-order valence-corrected chi connectivity index (χ0v) is 12.6. The van der Waals surface area contributed by atoms with E-state index in [1.54, 1.807) is 39.1 Å². The summed E-state index contributed by atoms with van der Waals surface area (Å²) in [6.07, 6.45) is 0. The molecule has 0 amide bonds. The van der Waals surface area contributed by atoms with Crippen molar-refractivity contribution < 1.29 is 13.5 Å². The van der Waals surface area contributed by atoms with Gasteiger partial charge in [-0.3, -0.25) is 0 Å². The lowest BCUT2D eigenvalue weighted by Crippen LogP contribution is -2.13. The summed E-state index contributed by atoms with van der Waals surface area (Å²) in [6, 6.07) is 7.63. The first-order valence-electron chi connectivity index (χ1n) is 6.83. The van der Waals surface area contributed by atoms with Crippen molar-refractivity contribution in [3.8, 4) is 11.5 Å². The van der Waals surface area contributed by atoms with Gasteiger partial charge in [-0.25, -0.2) is 8.78 Å². The van der Waals surface area contributed by atoms with Crippen LogP contribution in [0.15, 0.2) is 30.3 Å². The van der Waals surface area contributed by atoms with Crippen LogP contribution in [-0.2, 0) is 0 Å². The van der Waals surface area contributed by atoms with Gasteiger partial charge in [0.2, 0.25) is 0 Å². The third kappa shape index (κ3) is 3.39. The maximum absolute atomic E-state index is 13.8. The van der Waals surface area contributed by atoms with Crippen molar-refractivity contribution in [3.05, 3.63) is 58.7 Å². The predicted octanol–water partition coefficient (Wildman–Crippen LogP) is 4.65. The molecule has 0 aliphatic heterocycles. The Morgan fingerprint density at radius 2 is 1.67 bits per heavy atom. The second kappa shape index (κ2) is 6.22. The van der Waals surface area contributed by atoms with Crippen molar-refractivity contribution >= 4 is 0 Å². The van der Waals surface area contributed by atoms with E-state index in [-0.39, 0.29) is 17.7 Å². The number of nitrogens with one attached hydrogen (secondary N) is 1. The minimum atomic E-state index is -0.276. The first-order chi connectivity index (χ1) is 9.92. The molecule has 0 spiro atoms. The van der Waals surface area contributed by atoms with Crippen LogP contribution in [0.2, 0.25) is 0 Å². The Bertz CT molecular complexity index is 655.